The van der Waals surface area contributed by atoms with Crippen molar-refractivity contribution in [2.75, 3.05) is 0 Å². The number of aryl methyl sites for hydroxylation is 1. The largest absolute Gasteiger partial charge is 0.326 e. The van der Waals surface area contributed by atoms with E-state index in [1.54, 1.807) is 22.9 Å². The third-order valence-electron chi connectivity index (χ3n) is 2.81. The Labute approximate surface area is 118 Å². The first kappa shape index (κ1) is 12.3. The van der Waals surface area contributed by atoms with E-state index in [1.807, 2.05) is 13.0 Å². The van der Waals surface area contributed by atoms with Gasteiger partial charge in [-0.3, -0.25) is 4.79 Å². The number of H-pyrrole nitrogens is 1. The van der Waals surface area contributed by atoms with E-state index >= 15 is 0 Å². The third-order valence-corrected chi connectivity index (χ3v) is 3.24. The van der Waals surface area contributed by atoms with Gasteiger partial charge in [-0.25, -0.2) is 4.68 Å². The molecule has 3 rings (SSSR count). The summed E-state index contributed by atoms with van der Waals surface area (Å²) in [6.45, 7) is 1.82. The lowest BCUT2D eigenvalue weighted by molar-refractivity contribution is 0.909. The fourth-order valence-corrected chi connectivity index (χ4v) is 2.54. The van der Waals surface area contributed by atoms with E-state index in [0.29, 0.717) is 15.4 Å². The SMILES string of the molecule is Cc1cc2c(cnn2-c2cc(Cl)cc(Cl)c2)c(=O)[nH]1. The third kappa shape index (κ3) is 2.13. The van der Waals surface area contributed by atoms with Crippen LogP contribution in [0.15, 0.2) is 35.3 Å². The average molecular weight is 294 g/mol. The second kappa shape index (κ2) is 4.40. The number of benzene rings is 1. The molecule has 0 bridgehead atoms. The van der Waals surface area contributed by atoms with E-state index in [4.69, 9.17) is 23.2 Å². The summed E-state index contributed by atoms with van der Waals surface area (Å²) in [6.07, 6.45) is 1.53. The average Bonchev–Trinajstić information content (AvgIpc) is 2.71. The van der Waals surface area contributed by atoms with Gasteiger partial charge in [0.2, 0.25) is 0 Å². The molecule has 0 spiro atoms. The number of nitrogens with one attached hydrogen (secondary N) is 1. The van der Waals surface area contributed by atoms with E-state index in [0.717, 1.165) is 16.9 Å². The van der Waals surface area contributed by atoms with Crippen molar-refractivity contribution < 1.29 is 0 Å². The first-order chi connectivity index (χ1) is 9.04. The minimum Gasteiger partial charge on any atom is -0.326 e. The number of halogens is 2. The molecule has 3 aromatic rings. The van der Waals surface area contributed by atoms with Gasteiger partial charge in [0, 0.05) is 15.7 Å². The fraction of sp³-hybridized carbons (Fsp3) is 0.0769. The summed E-state index contributed by atoms with van der Waals surface area (Å²) in [6, 6.07) is 7.00. The molecular weight excluding hydrogens is 285 g/mol. The monoisotopic (exact) mass is 293 g/mol. The minimum atomic E-state index is -0.158. The Bertz CT molecular complexity index is 815. The summed E-state index contributed by atoms with van der Waals surface area (Å²) in [4.78, 5) is 14.6. The van der Waals surface area contributed by atoms with Crippen LogP contribution in [-0.2, 0) is 0 Å². The van der Waals surface area contributed by atoms with Gasteiger partial charge in [-0.15, -0.1) is 0 Å². The Hall–Kier alpha value is -1.78. The highest BCUT2D eigenvalue weighted by Crippen LogP contribution is 2.23. The van der Waals surface area contributed by atoms with Crippen LogP contribution in [0.4, 0.5) is 0 Å². The Morgan fingerprint density at radius 2 is 1.84 bits per heavy atom. The number of hydrogen-bond donors (Lipinski definition) is 1. The molecule has 2 aromatic heterocycles. The fourth-order valence-electron chi connectivity index (χ4n) is 2.03. The molecule has 0 unspecified atom stereocenters. The van der Waals surface area contributed by atoms with Gasteiger partial charge < -0.3 is 4.98 Å². The van der Waals surface area contributed by atoms with Gasteiger partial charge in [-0.2, -0.15) is 5.10 Å². The van der Waals surface area contributed by atoms with Crippen LogP contribution >= 0.6 is 23.2 Å². The lowest BCUT2D eigenvalue weighted by atomic mass is 10.2. The van der Waals surface area contributed by atoms with Crippen molar-refractivity contribution in [3.63, 3.8) is 0 Å². The number of rotatable bonds is 1. The molecule has 0 aliphatic carbocycles. The molecule has 1 N–H and O–H groups in total. The van der Waals surface area contributed by atoms with Crippen molar-refractivity contribution >= 4 is 34.1 Å². The normalized spacial score (nSPS) is 11.1. The quantitative estimate of drug-likeness (QED) is 0.748. The topological polar surface area (TPSA) is 50.7 Å². The predicted molar refractivity (Wildman–Crippen MR) is 76.4 cm³/mol. The van der Waals surface area contributed by atoms with Crippen molar-refractivity contribution in [2.24, 2.45) is 0 Å². The number of hydrogen-bond acceptors (Lipinski definition) is 2. The summed E-state index contributed by atoms with van der Waals surface area (Å²) in [5.74, 6) is 0. The highest BCUT2D eigenvalue weighted by molar-refractivity contribution is 6.34. The van der Waals surface area contributed by atoms with Crippen molar-refractivity contribution in [1.29, 1.82) is 0 Å². The molecule has 6 heteroatoms. The molecule has 1 aromatic carbocycles. The molecule has 0 fully saturated rings. The van der Waals surface area contributed by atoms with Crippen molar-refractivity contribution in [2.45, 2.75) is 6.92 Å². The molecule has 0 amide bonds. The Kier molecular flexibility index (Phi) is 2.84. The predicted octanol–water partition coefficient (Wildman–Crippen LogP) is 3.33. The van der Waals surface area contributed by atoms with Gasteiger partial charge in [0.1, 0.15) is 0 Å². The van der Waals surface area contributed by atoms with Crippen LogP contribution in [0.25, 0.3) is 16.6 Å². The zero-order valence-electron chi connectivity index (χ0n) is 9.95. The minimum absolute atomic E-state index is 0.158. The van der Waals surface area contributed by atoms with Crippen LogP contribution < -0.4 is 5.56 Å². The van der Waals surface area contributed by atoms with E-state index in [1.165, 1.54) is 6.20 Å². The highest BCUT2D eigenvalue weighted by atomic mass is 35.5. The molecule has 0 radical (unpaired) electrons. The second-order valence-corrected chi connectivity index (χ2v) is 5.14. The van der Waals surface area contributed by atoms with Crippen LogP contribution in [0.1, 0.15) is 5.69 Å². The van der Waals surface area contributed by atoms with Crippen molar-refractivity contribution in [1.82, 2.24) is 14.8 Å². The number of aromatic nitrogens is 3. The van der Waals surface area contributed by atoms with Gasteiger partial charge in [0.15, 0.2) is 0 Å². The van der Waals surface area contributed by atoms with Crippen LogP contribution in [0.3, 0.4) is 0 Å². The standard InChI is InChI=1S/C13H9Cl2N3O/c1-7-2-12-11(13(19)17-7)6-16-18(12)10-4-8(14)3-9(15)5-10/h2-6H,1H3,(H,17,19). The molecule has 4 nitrogen and oxygen atoms in total. The van der Waals surface area contributed by atoms with Gasteiger partial charge in [-0.05, 0) is 31.2 Å². The maximum atomic E-state index is 11.8. The summed E-state index contributed by atoms with van der Waals surface area (Å²) >= 11 is 12.0. The Balaban J connectivity index is 2.34. The van der Waals surface area contributed by atoms with Gasteiger partial charge in [0.05, 0.1) is 22.8 Å². The van der Waals surface area contributed by atoms with Gasteiger partial charge in [-0.1, -0.05) is 23.2 Å². The molecule has 19 heavy (non-hydrogen) atoms. The summed E-state index contributed by atoms with van der Waals surface area (Å²) in [5, 5.41) is 5.80. The molecule has 0 atom stereocenters. The first-order valence-electron chi connectivity index (χ1n) is 5.59. The maximum Gasteiger partial charge on any atom is 0.259 e. The lowest BCUT2D eigenvalue weighted by Gasteiger charge is -2.05. The molecule has 0 saturated carbocycles. The number of aromatic amines is 1. The molecule has 2 heterocycles. The van der Waals surface area contributed by atoms with Crippen LogP contribution in [0, 0.1) is 6.92 Å². The zero-order valence-corrected chi connectivity index (χ0v) is 11.5. The van der Waals surface area contributed by atoms with Crippen LogP contribution in [0.5, 0.6) is 0 Å². The van der Waals surface area contributed by atoms with E-state index in [9.17, 15) is 4.79 Å². The lowest BCUT2D eigenvalue weighted by Crippen LogP contribution is -2.07. The van der Waals surface area contributed by atoms with Crippen molar-refractivity contribution in [3.05, 3.63) is 56.6 Å². The summed E-state index contributed by atoms with van der Waals surface area (Å²) in [5.41, 5.74) is 2.05. The van der Waals surface area contributed by atoms with E-state index < -0.39 is 0 Å². The molecule has 0 aliphatic heterocycles. The first-order valence-corrected chi connectivity index (χ1v) is 6.34. The maximum absolute atomic E-state index is 11.8. The molecule has 0 aliphatic rings. The summed E-state index contributed by atoms with van der Waals surface area (Å²) in [7, 11) is 0. The van der Waals surface area contributed by atoms with Crippen LogP contribution in [0.2, 0.25) is 10.0 Å². The number of pyridine rings is 1. The van der Waals surface area contributed by atoms with E-state index in [-0.39, 0.29) is 5.56 Å². The smallest absolute Gasteiger partial charge is 0.259 e. The highest BCUT2D eigenvalue weighted by Gasteiger charge is 2.09. The second-order valence-electron chi connectivity index (χ2n) is 4.26. The molecular formula is C13H9Cl2N3O. The van der Waals surface area contributed by atoms with Gasteiger partial charge in [0.25, 0.3) is 5.56 Å². The zero-order chi connectivity index (χ0) is 13.6. The molecule has 96 valence electrons. The summed E-state index contributed by atoms with van der Waals surface area (Å²) < 4.78 is 1.65. The Morgan fingerprint density at radius 1 is 1.16 bits per heavy atom. The van der Waals surface area contributed by atoms with Crippen LogP contribution in [-0.4, -0.2) is 14.8 Å². The van der Waals surface area contributed by atoms with Crippen molar-refractivity contribution in [3.8, 4) is 5.69 Å². The molecule has 0 saturated heterocycles. The number of nitrogens with zero attached hydrogens (tertiary/aromatic N) is 2. The number of fused-ring (bicyclic) bond motifs is 1. The Morgan fingerprint density at radius 3 is 2.53 bits per heavy atom. The van der Waals surface area contributed by atoms with Gasteiger partial charge >= 0.3 is 0 Å². The van der Waals surface area contributed by atoms with E-state index in [2.05, 4.69) is 10.1 Å².